The van der Waals surface area contributed by atoms with Crippen molar-refractivity contribution in [2.24, 2.45) is 5.92 Å². The van der Waals surface area contributed by atoms with Crippen LogP contribution in [0.5, 0.6) is 0 Å². The van der Waals surface area contributed by atoms with Crippen LogP contribution in [0, 0.1) is 11.7 Å². The number of rotatable bonds is 6. The van der Waals surface area contributed by atoms with Crippen molar-refractivity contribution in [3.05, 3.63) is 65.5 Å². The molecule has 130 valence electrons. The van der Waals surface area contributed by atoms with E-state index in [1.165, 1.54) is 37.1 Å². The second-order valence-electron chi connectivity index (χ2n) is 5.71. The second kappa shape index (κ2) is 9.50. The predicted octanol–water partition coefficient (Wildman–Crippen LogP) is 4.42. The molecule has 24 heavy (non-hydrogen) atoms. The molecule has 3 nitrogen and oxygen atoms in total. The summed E-state index contributed by atoms with van der Waals surface area (Å²) in [6.07, 6.45) is 2.67. The van der Waals surface area contributed by atoms with Gasteiger partial charge in [-0.2, -0.15) is 0 Å². The third kappa shape index (κ3) is 6.02. The number of benzene rings is 2. The van der Waals surface area contributed by atoms with Crippen LogP contribution in [0.1, 0.15) is 28.8 Å². The maximum Gasteiger partial charge on any atom is 0.251 e. The third-order valence-electron chi connectivity index (χ3n) is 3.81. The number of nitrogens with one attached hydrogen (secondary N) is 2. The lowest BCUT2D eigenvalue weighted by Crippen LogP contribution is -2.22. The number of amides is 1. The van der Waals surface area contributed by atoms with Gasteiger partial charge in [0.25, 0.3) is 5.91 Å². The Bertz CT molecular complexity index is 643. The van der Waals surface area contributed by atoms with Crippen LogP contribution in [-0.4, -0.2) is 12.5 Å². The minimum atomic E-state index is -0.342. The van der Waals surface area contributed by atoms with Crippen molar-refractivity contribution in [1.29, 1.82) is 0 Å². The van der Waals surface area contributed by atoms with E-state index in [4.69, 9.17) is 0 Å². The summed E-state index contributed by atoms with van der Waals surface area (Å²) in [4.78, 5) is 11.9. The first-order chi connectivity index (χ1) is 10.7. The Morgan fingerprint density at radius 3 is 2.21 bits per heavy atom. The van der Waals surface area contributed by atoms with Crippen LogP contribution in [0.2, 0.25) is 0 Å². The first-order valence-electron chi connectivity index (χ1n) is 7.57. The molecule has 6 heteroatoms. The maximum absolute atomic E-state index is 12.8. The highest BCUT2D eigenvalue weighted by Crippen LogP contribution is 2.28. The molecule has 2 aromatic carbocycles. The van der Waals surface area contributed by atoms with E-state index < -0.39 is 0 Å². The van der Waals surface area contributed by atoms with Gasteiger partial charge in [0.15, 0.2) is 0 Å². The summed E-state index contributed by atoms with van der Waals surface area (Å²) in [5.41, 5.74) is 2.61. The third-order valence-corrected chi connectivity index (χ3v) is 3.81. The van der Waals surface area contributed by atoms with E-state index >= 15 is 0 Å². The van der Waals surface area contributed by atoms with Crippen molar-refractivity contribution in [2.45, 2.75) is 19.4 Å². The molecule has 1 aliphatic carbocycles. The molecule has 2 aromatic rings. The van der Waals surface area contributed by atoms with Crippen molar-refractivity contribution in [3.8, 4) is 0 Å². The van der Waals surface area contributed by atoms with Crippen molar-refractivity contribution in [2.75, 3.05) is 11.9 Å². The lowest BCUT2D eigenvalue weighted by Gasteiger charge is -2.08. The Balaban J connectivity index is 0.00000144. The summed E-state index contributed by atoms with van der Waals surface area (Å²) in [6.45, 7) is 1.50. The summed E-state index contributed by atoms with van der Waals surface area (Å²) >= 11 is 0. The van der Waals surface area contributed by atoms with Gasteiger partial charge in [-0.25, -0.2) is 4.39 Å². The van der Waals surface area contributed by atoms with Crippen molar-refractivity contribution < 1.29 is 9.18 Å². The topological polar surface area (TPSA) is 41.1 Å². The molecule has 1 aliphatic rings. The number of halogens is 3. The summed E-state index contributed by atoms with van der Waals surface area (Å²) in [5.74, 6) is 0.302. The Kier molecular flexibility index (Phi) is 8.02. The van der Waals surface area contributed by atoms with E-state index in [9.17, 15) is 9.18 Å². The molecule has 0 atom stereocenters. The highest BCUT2D eigenvalue weighted by atomic mass is 35.5. The molecule has 0 aliphatic heterocycles. The van der Waals surface area contributed by atoms with Gasteiger partial charge in [0.1, 0.15) is 5.82 Å². The first kappa shape index (κ1) is 20.3. The number of hydrogen-bond donors (Lipinski definition) is 2. The van der Waals surface area contributed by atoms with E-state index in [-0.39, 0.29) is 36.5 Å². The van der Waals surface area contributed by atoms with Crippen LogP contribution in [0.4, 0.5) is 10.1 Å². The zero-order valence-corrected chi connectivity index (χ0v) is 14.8. The molecule has 0 heterocycles. The lowest BCUT2D eigenvalue weighted by atomic mass is 10.1. The van der Waals surface area contributed by atoms with Crippen LogP contribution in [0.3, 0.4) is 0 Å². The van der Waals surface area contributed by atoms with Crippen molar-refractivity contribution >= 4 is 36.4 Å². The number of hydrogen-bond acceptors (Lipinski definition) is 2. The normalized spacial score (nSPS) is 12.5. The van der Waals surface area contributed by atoms with Gasteiger partial charge in [-0.05, 0) is 60.7 Å². The van der Waals surface area contributed by atoms with E-state index in [1.807, 2.05) is 24.3 Å². The van der Waals surface area contributed by atoms with E-state index in [0.717, 1.165) is 23.7 Å². The quantitative estimate of drug-likeness (QED) is 0.789. The molecule has 2 N–H and O–H groups in total. The van der Waals surface area contributed by atoms with Gasteiger partial charge in [-0.3, -0.25) is 4.79 Å². The molecule has 1 saturated carbocycles. The molecule has 1 fully saturated rings. The average Bonchev–Trinajstić information content (AvgIpc) is 3.36. The largest absolute Gasteiger partial charge is 0.385 e. The van der Waals surface area contributed by atoms with Crippen LogP contribution in [0.25, 0.3) is 0 Å². The minimum absolute atomic E-state index is 0. The highest BCUT2D eigenvalue weighted by molar-refractivity contribution is 5.94. The Morgan fingerprint density at radius 2 is 1.62 bits per heavy atom. The summed E-state index contributed by atoms with van der Waals surface area (Å²) < 4.78 is 12.8. The van der Waals surface area contributed by atoms with Crippen LogP contribution in [0.15, 0.2) is 48.5 Å². The first-order valence-corrected chi connectivity index (χ1v) is 7.57. The molecule has 0 bridgehead atoms. The maximum atomic E-state index is 12.8. The van der Waals surface area contributed by atoms with Gasteiger partial charge in [0.05, 0.1) is 0 Å². The molecular formula is C18H21Cl2FN2O. The molecule has 0 spiro atoms. The standard InChI is InChI=1S/C18H19FN2O.2ClH/c19-16-7-5-15(6-8-16)18(22)21-12-14-3-9-17(10-4-14)20-11-13-1-2-13;;/h3-10,13,20H,1-2,11-12H2,(H,21,22);2*1H. The Labute approximate surface area is 153 Å². The zero-order chi connectivity index (χ0) is 15.4. The molecule has 0 saturated heterocycles. The Hall–Kier alpha value is -1.78. The van der Waals surface area contributed by atoms with E-state index in [1.54, 1.807) is 0 Å². The van der Waals surface area contributed by atoms with E-state index in [2.05, 4.69) is 10.6 Å². The molecular weight excluding hydrogens is 350 g/mol. The van der Waals surface area contributed by atoms with Crippen LogP contribution in [-0.2, 0) is 6.54 Å². The monoisotopic (exact) mass is 370 g/mol. The summed E-state index contributed by atoms with van der Waals surface area (Å²) in [7, 11) is 0. The fourth-order valence-electron chi connectivity index (χ4n) is 2.21. The average molecular weight is 371 g/mol. The molecule has 1 amide bonds. The minimum Gasteiger partial charge on any atom is -0.385 e. The van der Waals surface area contributed by atoms with Gasteiger partial charge >= 0.3 is 0 Å². The van der Waals surface area contributed by atoms with Crippen molar-refractivity contribution in [3.63, 3.8) is 0 Å². The fourth-order valence-corrected chi connectivity index (χ4v) is 2.21. The molecule has 0 aromatic heterocycles. The SMILES string of the molecule is Cl.Cl.O=C(NCc1ccc(NCC2CC2)cc1)c1ccc(F)cc1. The van der Waals surface area contributed by atoms with Gasteiger partial charge < -0.3 is 10.6 Å². The number of anilines is 1. The molecule has 0 unspecified atom stereocenters. The summed E-state index contributed by atoms with van der Waals surface area (Å²) in [5, 5.41) is 6.24. The molecule has 0 radical (unpaired) electrons. The second-order valence-corrected chi connectivity index (χ2v) is 5.71. The fraction of sp³-hybridized carbons (Fsp3) is 0.278. The predicted molar refractivity (Wildman–Crippen MR) is 99.7 cm³/mol. The Morgan fingerprint density at radius 1 is 1.00 bits per heavy atom. The zero-order valence-electron chi connectivity index (χ0n) is 13.1. The van der Waals surface area contributed by atoms with E-state index in [0.29, 0.717) is 12.1 Å². The van der Waals surface area contributed by atoms with Crippen molar-refractivity contribution in [1.82, 2.24) is 5.32 Å². The van der Waals surface area contributed by atoms with Gasteiger partial charge in [0.2, 0.25) is 0 Å². The van der Waals surface area contributed by atoms with Crippen LogP contribution >= 0.6 is 24.8 Å². The summed E-state index contributed by atoms with van der Waals surface area (Å²) in [6, 6.07) is 13.6. The number of carbonyl (C=O) groups excluding carboxylic acids is 1. The lowest BCUT2D eigenvalue weighted by molar-refractivity contribution is 0.0951. The highest BCUT2D eigenvalue weighted by Gasteiger charge is 2.20. The van der Waals surface area contributed by atoms with Gasteiger partial charge in [0, 0.05) is 24.3 Å². The number of carbonyl (C=O) groups is 1. The smallest absolute Gasteiger partial charge is 0.251 e. The van der Waals surface area contributed by atoms with Crippen LogP contribution < -0.4 is 10.6 Å². The molecule has 3 rings (SSSR count). The van der Waals surface area contributed by atoms with Gasteiger partial charge in [-0.15, -0.1) is 24.8 Å². The van der Waals surface area contributed by atoms with Gasteiger partial charge in [-0.1, -0.05) is 12.1 Å².